The highest BCUT2D eigenvalue weighted by molar-refractivity contribution is 7.98. The first kappa shape index (κ1) is 17.7. The van der Waals surface area contributed by atoms with Gasteiger partial charge in [-0.15, -0.1) is 0 Å². The third-order valence-corrected chi connectivity index (χ3v) is 5.10. The maximum Gasteiger partial charge on any atom is 0.252 e. The van der Waals surface area contributed by atoms with Gasteiger partial charge in [0.25, 0.3) is 5.91 Å². The Morgan fingerprint density at radius 1 is 1.22 bits per heavy atom. The van der Waals surface area contributed by atoms with Crippen LogP contribution in [0.4, 0.5) is 0 Å². The van der Waals surface area contributed by atoms with Gasteiger partial charge in [0.2, 0.25) is 0 Å². The summed E-state index contributed by atoms with van der Waals surface area (Å²) in [6.07, 6.45) is 2.84. The fraction of sp³-hybridized carbons (Fsp3) is 0.300. The van der Waals surface area contributed by atoms with Gasteiger partial charge in [-0.3, -0.25) is 4.79 Å². The molecule has 27 heavy (non-hydrogen) atoms. The topological polar surface area (TPSA) is 76.2 Å². The first-order valence-corrected chi connectivity index (χ1v) is 10.3. The van der Waals surface area contributed by atoms with Crippen LogP contribution in [0.2, 0.25) is 0 Å². The highest BCUT2D eigenvalue weighted by atomic mass is 32.2. The summed E-state index contributed by atoms with van der Waals surface area (Å²) in [7, 11) is 0. The lowest BCUT2D eigenvalue weighted by molar-refractivity contribution is 0.0933. The fourth-order valence-electron chi connectivity index (χ4n) is 3.08. The van der Waals surface area contributed by atoms with E-state index in [0.717, 1.165) is 29.0 Å². The summed E-state index contributed by atoms with van der Waals surface area (Å²) in [5.41, 5.74) is 2.41. The van der Waals surface area contributed by atoms with Gasteiger partial charge in [-0.1, -0.05) is 12.1 Å². The molecule has 0 bridgehead atoms. The lowest BCUT2D eigenvalue weighted by Gasteiger charge is -2.20. The van der Waals surface area contributed by atoms with Crippen molar-refractivity contribution in [1.29, 1.82) is 0 Å². The molecule has 7 heteroatoms. The lowest BCUT2D eigenvalue weighted by atomic mass is 10.1. The van der Waals surface area contributed by atoms with Gasteiger partial charge in [-0.2, -0.15) is 11.8 Å². The minimum atomic E-state index is -0.189. The predicted octanol–water partition coefficient (Wildman–Crippen LogP) is 3.56. The molecule has 1 atom stereocenters. The van der Waals surface area contributed by atoms with Crippen molar-refractivity contribution < 1.29 is 14.3 Å². The number of nitrogens with one attached hydrogen (secondary N) is 2. The normalized spacial score (nSPS) is 14.1. The Labute approximate surface area is 161 Å². The summed E-state index contributed by atoms with van der Waals surface area (Å²) >= 11 is 1.74. The highest BCUT2D eigenvalue weighted by Crippen LogP contribution is 2.31. The van der Waals surface area contributed by atoms with E-state index in [-0.39, 0.29) is 11.9 Å². The largest absolute Gasteiger partial charge is 0.486 e. The molecular formula is C20H21N3O3S. The molecule has 6 nitrogen and oxygen atoms in total. The number of ether oxygens (including phenoxy) is 2. The number of para-hydroxylation sites is 2. The van der Waals surface area contributed by atoms with Crippen molar-refractivity contribution in [2.24, 2.45) is 0 Å². The van der Waals surface area contributed by atoms with Gasteiger partial charge in [0.15, 0.2) is 11.5 Å². The van der Waals surface area contributed by atoms with Gasteiger partial charge in [0, 0.05) is 5.56 Å². The molecule has 0 aliphatic carbocycles. The molecular weight excluding hydrogens is 362 g/mol. The first-order valence-electron chi connectivity index (χ1n) is 8.88. The van der Waals surface area contributed by atoms with Crippen molar-refractivity contribution in [1.82, 2.24) is 15.3 Å². The van der Waals surface area contributed by atoms with Crippen LogP contribution in [0.3, 0.4) is 0 Å². The SMILES string of the molecule is CSCC[C@H](NC(=O)c1ccc2c(c1)OCCO2)c1nc2ccccc2[nH]1. The Bertz CT molecular complexity index is 924. The summed E-state index contributed by atoms with van der Waals surface area (Å²) in [6.45, 7) is 1.02. The zero-order chi connectivity index (χ0) is 18.6. The third-order valence-electron chi connectivity index (χ3n) is 4.46. The van der Waals surface area contributed by atoms with E-state index in [1.165, 1.54) is 0 Å². The maximum absolute atomic E-state index is 12.8. The number of nitrogens with zero attached hydrogens (tertiary/aromatic N) is 1. The zero-order valence-corrected chi connectivity index (χ0v) is 15.8. The molecule has 2 heterocycles. The van der Waals surface area contributed by atoms with Crippen molar-refractivity contribution in [3.8, 4) is 11.5 Å². The Hall–Kier alpha value is -2.67. The van der Waals surface area contributed by atoms with Gasteiger partial charge in [0.1, 0.15) is 19.0 Å². The molecule has 1 aromatic heterocycles. The van der Waals surface area contributed by atoms with Crippen LogP contribution >= 0.6 is 11.8 Å². The van der Waals surface area contributed by atoms with Gasteiger partial charge in [-0.05, 0) is 48.8 Å². The van der Waals surface area contributed by atoms with E-state index in [1.54, 1.807) is 30.0 Å². The fourth-order valence-corrected chi connectivity index (χ4v) is 3.55. The van der Waals surface area contributed by atoms with E-state index in [2.05, 4.69) is 21.5 Å². The monoisotopic (exact) mass is 383 g/mol. The van der Waals surface area contributed by atoms with Crippen LogP contribution in [-0.2, 0) is 0 Å². The number of fused-ring (bicyclic) bond motifs is 2. The van der Waals surface area contributed by atoms with E-state index < -0.39 is 0 Å². The second-order valence-corrected chi connectivity index (χ2v) is 7.29. The molecule has 0 unspecified atom stereocenters. The summed E-state index contributed by atoms with van der Waals surface area (Å²) in [6, 6.07) is 12.9. The molecule has 1 amide bonds. The number of carbonyl (C=O) groups is 1. The lowest BCUT2D eigenvalue weighted by Crippen LogP contribution is -2.30. The molecule has 140 valence electrons. The van der Waals surface area contributed by atoms with Crippen molar-refractivity contribution in [3.05, 3.63) is 53.9 Å². The minimum Gasteiger partial charge on any atom is -0.486 e. The van der Waals surface area contributed by atoms with E-state index in [1.807, 2.05) is 24.3 Å². The van der Waals surface area contributed by atoms with Crippen LogP contribution in [0.1, 0.15) is 28.6 Å². The number of aromatic nitrogens is 2. The molecule has 1 aliphatic rings. The average Bonchev–Trinajstić information content (AvgIpc) is 3.14. The molecule has 0 saturated carbocycles. The number of benzene rings is 2. The molecule has 2 N–H and O–H groups in total. The van der Waals surface area contributed by atoms with E-state index >= 15 is 0 Å². The second-order valence-electron chi connectivity index (χ2n) is 6.31. The Kier molecular flexibility index (Phi) is 5.20. The van der Waals surface area contributed by atoms with Crippen LogP contribution in [0.5, 0.6) is 11.5 Å². The smallest absolute Gasteiger partial charge is 0.252 e. The molecule has 0 fully saturated rings. The number of H-pyrrole nitrogens is 1. The van der Waals surface area contributed by atoms with E-state index in [9.17, 15) is 4.79 Å². The van der Waals surface area contributed by atoms with Gasteiger partial charge < -0.3 is 19.8 Å². The number of imidazole rings is 1. The second kappa shape index (κ2) is 7.92. The number of carbonyl (C=O) groups excluding carboxylic acids is 1. The van der Waals surface area contributed by atoms with E-state index in [0.29, 0.717) is 30.3 Å². The van der Waals surface area contributed by atoms with Gasteiger partial charge in [0.05, 0.1) is 17.1 Å². The van der Waals surface area contributed by atoms with Gasteiger partial charge in [-0.25, -0.2) is 4.98 Å². The van der Waals surface area contributed by atoms with Crippen LogP contribution in [0, 0.1) is 0 Å². The molecule has 2 aromatic carbocycles. The number of amides is 1. The first-order chi connectivity index (χ1) is 13.2. The average molecular weight is 383 g/mol. The molecule has 4 rings (SSSR count). The van der Waals surface area contributed by atoms with Crippen molar-refractivity contribution in [3.63, 3.8) is 0 Å². The van der Waals surface area contributed by atoms with Crippen LogP contribution < -0.4 is 14.8 Å². The predicted molar refractivity (Wildman–Crippen MR) is 107 cm³/mol. The molecule has 3 aromatic rings. The number of hydrogen-bond donors (Lipinski definition) is 2. The molecule has 1 aliphatic heterocycles. The Morgan fingerprint density at radius 3 is 2.85 bits per heavy atom. The summed E-state index contributed by atoms with van der Waals surface area (Å²) in [5.74, 6) is 2.82. The number of aromatic amines is 1. The summed E-state index contributed by atoms with van der Waals surface area (Å²) in [5, 5.41) is 3.11. The molecule has 0 saturated heterocycles. The Balaban J connectivity index is 1.56. The van der Waals surface area contributed by atoms with E-state index in [4.69, 9.17) is 9.47 Å². The summed E-state index contributed by atoms with van der Waals surface area (Å²) < 4.78 is 11.1. The van der Waals surface area contributed by atoms with Gasteiger partial charge >= 0.3 is 0 Å². The highest BCUT2D eigenvalue weighted by Gasteiger charge is 2.21. The third kappa shape index (κ3) is 3.88. The molecule has 0 spiro atoms. The standard InChI is InChI=1S/C20H21N3O3S/c1-27-11-8-16(19-21-14-4-2-3-5-15(14)22-19)23-20(24)13-6-7-17-18(12-13)26-10-9-25-17/h2-7,12,16H,8-11H2,1H3,(H,21,22)(H,23,24)/t16-/m0/s1. The summed E-state index contributed by atoms with van der Waals surface area (Å²) in [4.78, 5) is 20.8. The van der Waals surface area contributed by atoms with Crippen molar-refractivity contribution >= 4 is 28.7 Å². The molecule has 0 radical (unpaired) electrons. The maximum atomic E-state index is 12.8. The van der Waals surface area contributed by atoms with Crippen LogP contribution in [0.15, 0.2) is 42.5 Å². The number of rotatable bonds is 6. The number of hydrogen-bond acceptors (Lipinski definition) is 5. The zero-order valence-electron chi connectivity index (χ0n) is 15.0. The van der Waals surface area contributed by atoms with Crippen molar-refractivity contribution in [2.75, 3.05) is 25.2 Å². The van der Waals surface area contributed by atoms with Crippen LogP contribution in [0.25, 0.3) is 11.0 Å². The van der Waals surface area contributed by atoms with Crippen LogP contribution in [-0.4, -0.2) is 41.1 Å². The van der Waals surface area contributed by atoms with Crippen molar-refractivity contribution in [2.45, 2.75) is 12.5 Å². The number of thioether (sulfide) groups is 1. The minimum absolute atomic E-state index is 0.154. The quantitative estimate of drug-likeness (QED) is 0.681. The Morgan fingerprint density at radius 2 is 2.04 bits per heavy atom.